The summed E-state index contributed by atoms with van der Waals surface area (Å²) in [5.74, 6) is 0.743. The lowest BCUT2D eigenvalue weighted by molar-refractivity contribution is 0.114. The maximum Gasteiger partial charge on any atom is 0.166 e. The largest absolute Gasteiger partial charge is 0.376 e. The Balaban J connectivity index is 2.06. The Morgan fingerprint density at radius 2 is 2.22 bits per heavy atom. The van der Waals surface area contributed by atoms with Gasteiger partial charge < -0.3 is 15.4 Å². The van der Waals surface area contributed by atoms with E-state index in [4.69, 9.17) is 17.0 Å². The molecule has 2 N–H and O–H groups in total. The number of ether oxygens (including phenoxy) is 1. The second-order valence-corrected chi connectivity index (χ2v) is 5.55. The molecule has 4 heteroatoms. The van der Waals surface area contributed by atoms with Crippen LogP contribution in [0, 0.1) is 5.92 Å². The molecule has 0 amide bonds. The molecule has 0 spiro atoms. The Morgan fingerprint density at radius 1 is 1.39 bits per heavy atom. The first-order valence-electron chi connectivity index (χ1n) is 7.39. The monoisotopic (exact) mass is 272 g/mol. The Morgan fingerprint density at radius 3 is 2.83 bits per heavy atom. The van der Waals surface area contributed by atoms with Crippen LogP contribution in [-0.4, -0.2) is 30.9 Å². The van der Waals surface area contributed by atoms with Crippen molar-refractivity contribution < 1.29 is 4.74 Å². The number of thiocarbonyl (C=S) groups is 1. The van der Waals surface area contributed by atoms with E-state index in [0.717, 1.165) is 37.1 Å². The summed E-state index contributed by atoms with van der Waals surface area (Å²) in [5, 5.41) is 7.36. The van der Waals surface area contributed by atoms with E-state index >= 15 is 0 Å². The van der Waals surface area contributed by atoms with Gasteiger partial charge in [0.25, 0.3) is 0 Å². The van der Waals surface area contributed by atoms with Crippen LogP contribution in [0.1, 0.15) is 52.4 Å². The molecule has 18 heavy (non-hydrogen) atoms. The molecule has 1 saturated heterocycles. The van der Waals surface area contributed by atoms with Crippen molar-refractivity contribution in [3.05, 3.63) is 0 Å². The third-order valence-electron chi connectivity index (χ3n) is 3.61. The number of hydrogen-bond donors (Lipinski definition) is 2. The first-order valence-corrected chi connectivity index (χ1v) is 7.80. The number of nitrogens with one attached hydrogen (secondary N) is 2. The predicted octanol–water partition coefficient (Wildman–Crippen LogP) is 2.85. The number of hydrogen-bond acceptors (Lipinski definition) is 2. The number of unbranched alkanes of at least 4 members (excludes halogenated alkanes) is 1. The summed E-state index contributed by atoms with van der Waals surface area (Å²) in [6, 6.07) is 0. The van der Waals surface area contributed by atoms with Crippen molar-refractivity contribution in [1.82, 2.24) is 10.6 Å². The van der Waals surface area contributed by atoms with Crippen molar-refractivity contribution in [1.29, 1.82) is 0 Å². The van der Waals surface area contributed by atoms with Crippen molar-refractivity contribution in [2.45, 2.75) is 58.5 Å². The van der Waals surface area contributed by atoms with Crippen LogP contribution < -0.4 is 10.6 Å². The van der Waals surface area contributed by atoms with E-state index in [-0.39, 0.29) is 0 Å². The van der Waals surface area contributed by atoms with Gasteiger partial charge in [0, 0.05) is 19.7 Å². The van der Waals surface area contributed by atoms with Gasteiger partial charge in [-0.3, -0.25) is 0 Å². The first kappa shape index (κ1) is 15.7. The van der Waals surface area contributed by atoms with Gasteiger partial charge >= 0.3 is 0 Å². The maximum absolute atomic E-state index is 5.55. The van der Waals surface area contributed by atoms with Crippen molar-refractivity contribution >= 4 is 17.3 Å². The molecule has 0 aromatic rings. The fourth-order valence-electron chi connectivity index (χ4n) is 2.25. The van der Waals surface area contributed by atoms with Gasteiger partial charge in [0.2, 0.25) is 0 Å². The standard InChI is InChI=1S/C14H28N2OS/c1-3-5-7-12(4-2)10-15-14(18)16-11-13-8-6-9-17-13/h12-13H,3-11H2,1-2H3,(H2,15,16,18). The second-order valence-electron chi connectivity index (χ2n) is 5.14. The van der Waals surface area contributed by atoms with Gasteiger partial charge in [0.1, 0.15) is 0 Å². The highest BCUT2D eigenvalue weighted by molar-refractivity contribution is 7.80. The van der Waals surface area contributed by atoms with Crippen LogP contribution in [0.2, 0.25) is 0 Å². The van der Waals surface area contributed by atoms with Gasteiger partial charge in [0.05, 0.1) is 6.10 Å². The fourth-order valence-corrected chi connectivity index (χ4v) is 2.42. The molecule has 2 atom stereocenters. The molecule has 2 unspecified atom stereocenters. The minimum atomic E-state index is 0.354. The molecule has 0 radical (unpaired) electrons. The van der Waals surface area contributed by atoms with Gasteiger partial charge in [-0.1, -0.05) is 33.1 Å². The van der Waals surface area contributed by atoms with Crippen LogP contribution in [-0.2, 0) is 4.74 Å². The molecular weight excluding hydrogens is 244 g/mol. The third kappa shape index (κ3) is 6.55. The Hall–Kier alpha value is -0.350. The van der Waals surface area contributed by atoms with Crippen LogP contribution in [0.4, 0.5) is 0 Å². The molecule has 106 valence electrons. The molecule has 1 aliphatic heterocycles. The summed E-state index contributed by atoms with van der Waals surface area (Å²) in [6.45, 7) is 7.24. The lowest BCUT2D eigenvalue weighted by Crippen LogP contribution is -2.41. The van der Waals surface area contributed by atoms with Crippen LogP contribution in [0.25, 0.3) is 0 Å². The van der Waals surface area contributed by atoms with Gasteiger partial charge in [-0.2, -0.15) is 0 Å². The molecule has 0 saturated carbocycles. The zero-order chi connectivity index (χ0) is 13.2. The van der Waals surface area contributed by atoms with E-state index in [1.54, 1.807) is 0 Å². The lowest BCUT2D eigenvalue weighted by Gasteiger charge is -2.18. The van der Waals surface area contributed by atoms with Crippen molar-refractivity contribution in [3.63, 3.8) is 0 Å². The molecule has 1 fully saturated rings. The Kier molecular flexibility index (Phi) is 8.34. The molecule has 3 nitrogen and oxygen atoms in total. The first-order chi connectivity index (χ1) is 8.76. The Bertz CT molecular complexity index is 230. The minimum Gasteiger partial charge on any atom is -0.376 e. The molecule has 1 rings (SSSR count). The van der Waals surface area contributed by atoms with Crippen LogP contribution >= 0.6 is 12.2 Å². The quantitative estimate of drug-likeness (QED) is 0.666. The normalized spacial score (nSPS) is 20.7. The average molecular weight is 272 g/mol. The molecule has 1 aliphatic rings. The molecule has 0 aromatic heterocycles. The van der Waals surface area contributed by atoms with E-state index < -0.39 is 0 Å². The molecule has 0 aromatic carbocycles. The van der Waals surface area contributed by atoms with E-state index in [1.807, 2.05) is 0 Å². The highest BCUT2D eigenvalue weighted by Crippen LogP contribution is 2.11. The van der Waals surface area contributed by atoms with Gasteiger partial charge in [-0.15, -0.1) is 0 Å². The molecular formula is C14H28N2OS. The summed E-state index contributed by atoms with van der Waals surface area (Å²) in [5.41, 5.74) is 0. The van der Waals surface area contributed by atoms with E-state index in [1.165, 1.54) is 32.1 Å². The molecule has 0 bridgehead atoms. The van der Waals surface area contributed by atoms with Crippen LogP contribution in [0.3, 0.4) is 0 Å². The van der Waals surface area contributed by atoms with Gasteiger partial charge in [0.15, 0.2) is 5.11 Å². The zero-order valence-corrected chi connectivity index (χ0v) is 12.7. The smallest absolute Gasteiger partial charge is 0.166 e. The predicted molar refractivity (Wildman–Crippen MR) is 80.9 cm³/mol. The molecule has 0 aliphatic carbocycles. The SMILES string of the molecule is CCCCC(CC)CNC(=S)NCC1CCCO1. The zero-order valence-electron chi connectivity index (χ0n) is 11.8. The summed E-state index contributed by atoms with van der Waals surface area (Å²) in [4.78, 5) is 0. The van der Waals surface area contributed by atoms with E-state index in [9.17, 15) is 0 Å². The Labute approximate surface area is 117 Å². The van der Waals surface area contributed by atoms with E-state index in [0.29, 0.717) is 6.10 Å². The average Bonchev–Trinajstić information content (AvgIpc) is 2.89. The lowest BCUT2D eigenvalue weighted by atomic mass is 9.99. The summed E-state index contributed by atoms with van der Waals surface area (Å²) in [6.07, 6.45) is 7.81. The van der Waals surface area contributed by atoms with Crippen molar-refractivity contribution in [3.8, 4) is 0 Å². The van der Waals surface area contributed by atoms with Crippen LogP contribution in [0.5, 0.6) is 0 Å². The highest BCUT2D eigenvalue weighted by atomic mass is 32.1. The fraction of sp³-hybridized carbons (Fsp3) is 0.929. The summed E-state index contributed by atoms with van der Waals surface area (Å²) in [7, 11) is 0. The van der Waals surface area contributed by atoms with Gasteiger partial charge in [-0.05, 0) is 37.4 Å². The van der Waals surface area contributed by atoms with E-state index in [2.05, 4.69) is 24.5 Å². The van der Waals surface area contributed by atoms with Crippen LogP contribution in [0.15, 0.2) is 0 Å². The van der Waals surface area contributed by atoms with Crippen molar-refractivity contribution in [2.75, 3.05) is 19.7 Å². The van der Waals surface area contributed by atoms with Crippen molar-refractivity contribution in [2.24, 2.45) is 5.92 Å². The molecule has 1 heterocycles. The highest BCUT2D eigenvalue weighted by Gasteiger charge is 2.15. The number of rotatable bonds is 8. The minimum absolute atomic E-state index is 0.354. The summed E-state index contributed by atoms with van der Waals surface area (Å²) >= 11 is 5.29. The second kappa shape index (κ2) is 9.56. The van der Waals surface area contributed by atoms with Gasteiger partial charge in [-0.25, -0.2) is 0 Å². The third-order valence-corrected chi connectivity index (χ3v) is 3.90. The maximum atomic E-state index is 5.55. The topological polar surface area (TPSA) is 33.3 Å². The summed E-state index contributed by atoms with van der Waals surface area (Å²) < 4.78 is 5.55.